The molecule has 0 bridgehead atoms. The Morgan fingerprint density at radius 1 is 1.64 bits per heavy atom. The number of epoxide rings is 1. The molecule has 0 aromatic carbocycles. The Balaban J connectivity index is 2.09. The first-order chi connectivity index (χ1) is 5.28. The number of hydrogen-bond acceptors (Lipinski definition) is 3. The molecule has 0 amide bonds. The summed E-state index contributed by atoms with van der Waals surface area (Å²) in [5, 5.41) is 9.64. The van der Waals surface area contributed by atoms with E-state index in [1.807, 2.05) is 0 Å². The fourth-order valence-corrected chi connectivity index (χ4v) is 1.51. The summed E-state index contributed by atoms with van der Waals surface area (Å²) in [6.45, 7) is 4.92. The van der Waals surface area contributed by atoms with Crippen molar-refractivity contribution in [2.75, 3.05) is 13.2 Å². The van der Waals surface area contributed by atoms with Crippen LogP contribution in [0, 0.1) is 0 Å². The summed E-state index contributed by atoms with van der Waals surface area (Å²) in [6.07, 6.45) is 1.67. The van der Waals surface area contributed by atoms with Crippen LogP contribution in [-0.2, 0) is 9.47 Å². The maximum atomic E-state index is 9.64. The lowest BCUT2D eigenvalue weighted by molar-refractivity contribution is -0.0928. The van der Waals surface area contributed by atoms with Gasteiger partial charge in [0.15, 0.2) is 0 Å². The molecule has 0 aromatic rings. The topological polar surface area (TPSA) is 42.0 Å². The summed E-state index contributed by atoms with van der Waals surface area (Å²) in [5.74, 6) is 0. The van der Waals surface area contributed by atoms with Crippen LogP contribution in [-0.4, -0.2) is 36.1 Å². The molecule has 0 aliphatic carbocycles. The predicted octanol–water partition coefficient (Wildman–Crippen LogP) is 0.0912. The van der Waals surface area contributed by atoms with E-state index in [2.05, 4.69) is 6.58 Å². The number of aliphatic hydroxyl groups is 1. The van der Waals surface area contributed by atoms with E-state index in [1.165, 1.54) is 0 Å². The average molecular weight is 156 g/mol. The third-order valence-corrected chi connectivity index (χ3v) is 2.43. The van der Waals surface area contributed by atoms with Gasteiger partial charge in [0.1, 0.15) is 17.8 Å². The molecule has 2 rings (SSSR count). The zero-order chi connectivity index (χ0) is 7.90. The van der Waals surface area contributed by atoms with E-state index in [1.54, 1.807) is 6.08 Å². The first-order valence-corrected chi connectivity index (χ1v) is 3.85. The molecule has 3 atom stereocenters. The molecule has 0 aromatic heterocycles. The van der Waals surface area contributed by atoms with Crippen molar-refractivity contribution in [3.05, 3.63) is 12.7 Å². The third kappa shape index (κ3) is 1.00. The molecule has 62 valence electrons. The van der Waals surface area contributed by atoms with E-state index in [9.17, 15) is 5.11 Å². The summed E-state index contributed by atoms with van der Waals surface area (Å²) >= 11 is 0. The summed E-state index contributed by atoms with van der Waals surface area (Å²) < 4.78 is 10.5. The smallest absolute Gasteiger partial charge is 0.122 e. The fraction of sp³-hybridized carbons (Fsp3) is 0.750. The van der Waals surface area contributed by atoms with Gasteiger partial charge in [-0.1, -0.05) is 6.08 Å². The van der Waals surface area contributed by atoms with Crippen molar-refractivity contribution in [2.24, 2.45) is 0 Å². The Hall–Kier alpha value is -0.380. The molecule has 0 radical (unpaired) electrons. The van der Waals surface area contributed by atoms with Crippen molar-refractivity contribution < 1.29 is 14.6 Å². The lowest BCUT2D eigenvalue weighted by Gasteiger charge is -2.30. The Bertz CT molecular complexity index is 174. The van der Waals surface area contributed by atoms with Gasteiger partial charge < -0.3 is 14.6 Å². The predicted molar refractivity (Wildman–Crippen MR) is 39.2 cm³/mol. The van der Waals surface area contributed by atoms with E-state index in [0.717, 1.165) is 6.42 Å². The van der Waals surface area contributed by atoms with Crippen molar-refractivity contribution in [1.82, 2.24) is 0 Å². The number of rotatable bonds is 1. The molecule has 11 heavy (non-hydrogen) atoms. The highest BCUT2D eigenvalue weighted by molar-refractivity contribution is 5.07. The van der Waals surface area contributed by atoms with Gasteiger partial charge in [-0.3, -0.25) is 0 Å². The summed E-state index contributed by atoms with van der Waals surface area (Å²) in [5.41, 5.74) is -0.281. The zero-order valence-corrected chi connectivity index (χ0v) is 6.32. The van der Waals surface area contributed by atoms with Crippen LogP contribution in [0.15, 0.2) is 12.7 Å². The SMILES string of the molecule is C=C[C@H]1OCCC2(CO2)[C@@H]1O. The largest absolute Gasteiger partial charge is 0.387 e. The molecule has 2 heterocycles. The second-order valence-corrected chi connectivity index (χ2v) is 3.12. The minimum atomic E-state index is -0.520. The highest BCUT2D eigenvalue weighted by Gasteiger charge is 2.55. The van der Waals surface area contributed by atoms with Gasteiger partial charge in [-0.2, -0.15) is 0 Å². The van der Waals surface area contributed by atoms with Crippen molar-refractivity contribution in [3.63, 3.8) is 0 Å². The van der Waals surface area contributed by atoms with E-state index in [4.69, 9.17) is 9.47 Å². The Labute approximate surface area is 65.6 Å². The summed E-state index contributed by atoms with van der Waals surface area (Å²) in [4.78, 5) is 0. The molecule has 3 heteroatoms. The van der Waals surface area contributed by atoms with Crippen LogP contribution in [0.3, 0.4) is 0 Å². The van der Waals surface area contributed by atoms with Gasteiger partial charge in [-0.15, -0.1) is 6.58 Å². The molecule has 1 N–H and O–H groups in total. The molecule has 2 aliphatic heterocycles. The first-order valence-electron chi connectivity index (χ1n) is 3.85. The quantitative estimate of drug-likeness (QED) is 0.432. The van der Waals surface area contributed by atoms with Gasteiger partial charge in [0.25, 0.3) is 0 Å². The van der Waals surface area contributed by atoms with Crippen LogP contribution < -0.4 is 0 Å². The molecule has 3 nitrogen and oxygen atoms in total. The van der Waals surface area contributed by atoms with Gasteiger partial charge >= 0.3 is 0 Å². The van der Waals surface area contributed by atoms with E-state index < -0.39 is 6.10 Å². The van der Waals surface area contributed by atoms with E-state index in [-0.39, 0.29) is 11.7 Å². The average Bonchev–Trinajstić information content (AvgIpc) is 2.77. The highest BCUT2D eigenvalue weighted by atomic mass is 16.6. The maximum Gasteiger partial charge on any atom is 0.122 e. The van der Waals surface area contributed by atoms with Crippen LogP contribution in [0.2, 0.25) is 0 Å². The molecule has 1 unspecified atom stereocenters. The molecule has 2 saturated heterocycles. The highest BCUT2D eigenvalue weighted by Crippen LogP contribution is 2.39. The molecule has 1 spiro atoms. The first kappa shape index (κ1) is 7.28. The van der Waals surface area contributed by atoms with Crippen LogP contribution >= 0.6 is 0 Å². The molecule has 2 fully saturated rings. The Morgan fingerprint density at radius 3 is 2.91 bits per heavy atom. The van der Waals surface area contributed by atoms with Crippen LogP contribution in [0.5, 0.6) is 0 Å². The van der Waals surface area contributed by atoms with Crippen molar-refractivity contribution >= 4 is 0 Å². The van der Waals surface area contributed by atoms with Gasteiger partial charge in [-0.25, -0.2) is 0 Å². The maximum absolute atomic E-state index is 9.64. The normalized spacial score (nSPS) is 49.2. The monoisotopic (exact) mass is 156 g/mol. The second-order valence-electron chi connectivity index (χ2n) is 3.12. The minimum absolute atomic E-state index is 0.244. The van der Waals surface area contributed by atoms with Gasteiger partial charge in [0.2, 0.25) is 0 Å². The fourth-order valence-electron chi connectivity index (χ4n) is 1.51. The van der Waals surface area contributed by atoms with E-state index >= 15 is 0 Å². The van der Waals surface area contributed by atoms with Gasteiger partial charge in [0.05, 0.1) is 13.2 Å². The Kier molecular flexibility index (Phi) is 1.52. The number of aliphatic hydroxyl groups excluding tert-OH is 1. The molecular formula is C8H12O3. The van der Waals surface area contributed by atoms with Crippen molar-refractivity contribution in [3.8, 4) is 0 Å². The van der Waals surface area contributed by atoms with Crippen LogP contribution in [0.1, 0.15) is 6.42 Å². The lowest BCUT2D eigenvalue weighted by atomic mass is 9.93. The summed E-state index contributed by atoms with van der Waals surface area (Å²) in [6, 6.07) is 0. The Morgan fingerprint density at radius 2 is 2.36 bits per heavy atom. The number of ether oxygens (including phenoxy) is 2. The molecule has 0 saturated carbocycles. The van der Waals surface area contributed by atoms with Gasteiger partial charge in [0, 0.05) is 6.42 Å². The van der Waals surface area contributed by atoms with Gasteiger partial charge in [-0.05, 0) is 0 Å². The zero-order valence-electron chi connectivity index (χ0n) is 6.32. The minimum Gasteiger partial charge on any atom is -0.387 e. The van der Waals surface area contributed by atoms with E-state index in [0.29, 0.717) is 13.2 Å². The molecular weight excluding hydrogens is 144 g/mol. The summed E-state index contributed by atoms with van der Waals surface area (Å²) in [7, 11) is 0. The van der Waals surface area contributed by atoms with Crippen LogP contribution in [0.25, 0.3) is 0 Å². The van der Waals surface area contributed by atoms with Crippen molar-refractivity contribution in [2.45, 2.75) is 24.2 Å². The molecule has 2 aliphatic rings. The standard InChI is InChI=1S/C8H12O3/c1-2-6-7(9)8(5-11-8)3-4-10-6/h2,6-7,9H,1,3-5H2/t6-,7-,8?/m1/s1. The van der Waals surface area contributed by atoms with Crippen LogP contribution in [0.4, 0.5) is 0 Å². The van der Waals surface area contributed by atoms with Crippen molar-refractivity contribution in [1.29, 1.82) is 0 Å². The lowest BCUT2D eigenvalue weighted by Crippen LogP contribution is -2.46. The third-order valence-electron chi connectivity index (χ3n) is 2.43. The number of hydrogen-bond donors (Lipinski definition) is 1. The second kappa shape index (κ2) is 2.30.